The maximum atomic E-state index is 4.41. The summed E-state index contributed by atoms with van der Waals surface area (Å²) in [6.07, 6.45) is 1.99. The Hall–Kier alpha value is -1.61. The van der Waals surface area contributed by atoms with Gasteiger partial charge in [-0.1, -0.05) is 46.3 Å². The van der Waals surface area contributed by atoms with Crippen LogP contribution >= 0.6 is 15.9 Å². The fourth-order valence-electron chi connectivity index (χ4n) is 2.15. The van der Waals surface area contributed by atoms with Crippen LogP contribution in [0.1, 0.15) is 11.3 Å². The molecule has 0 atom stereocenters. The zero-order valence-corrected chi connectivity index (χ0v) is 11.4. The third-order valence-corrected chi connectivity index (χ3v) is 3.59. The van der Waals surface area contributed by atoms with Crippen LogP contribution in [0.4, 0.5) is 0 Å². The van der Waals surface area contributed by atoms with Crippen molar-refractivity contribution < 1.29 is 0 Å². The van der Waals surface area contributed by atoms with Crippen LogP contribution in [0, 0.1) is 0 Å². The number of aromatic nitrogens is 2. The van der Waals surface area contributed by atoms with Crippen LogP contribution in [-0.4, -0.2) is 10.2 Å². The van der Waals surface area contributed by atoms with Gasteiger partial charge in [0, 0.05) is 9.86 Å². The van der Waals surface area contributed by atoms with Gasteiger partial charge in [-0.15, -0.1) is 0 Å². The van der Waals surface area contributed by atoms with E-state index in [-0.39, 0.29) is 0 Å². The number of benzene rings is 2. The summed E-state index contributed by atoms with van der Waals surface area (Å²) in [5, 5.41) is 8.71. The van der Waals surface area contributed by atoms with E-state index < -0.39 is 0 Å². The highest BCUT2D eigenvalue weighted by Gasteiger charge is 2.05. The van der Waals surface area contributed by atoms with E-state index in [1.807, 2.05) is 6.07 Å². The molecule has 0 saturated carbocycles. The van der Waals surface area contributed by atoms with Crippen molar-refractivity contribution in [2.45, 2.75) is 12.8 Å². The van der Waals surface area contributed by atoms with Gasteiger partial charge in [-0.05, 0) is 36.6 Å². The Bertz CT molecular complexity index is 659. The molecule has 0 radical (unpaired) electrons. The second-order valence-corrected chi connectivity index (χ2v) is 5.26. The average molecular weight is 301 g/mol. The molecule has 1 N–H and O–H groups in total. The van der Waals surface area contributed by atoms with E-state index in [1.165, 1.54) is 10.9 Å². The molecular weight excluding hydrogens is 288 g/mol. The number of hydrogen-bond donors (Lipinski definition) is 1. The quantitative estimate of drug-likeness (QED) is 0.775. The molecule has 0 aliphatic carbocycles. The summed E-state index contributed by atoms with van der Waals surface area (Å²) >= 11 is 3.47. The highest BCUT2D eigenvalue weighted by molar-refractivity contribution is 9.10. The Labute approximate surface area is 114 Å². The van der Waals surface area contributed by atoms with E-state index in [0.29, 0.717) is 0 Å². The third-order valence-electron chi connectivity index (χ3n) is 3.10. The van der Waals surface area contributed by atoms with E-state index in [9.17, 15) is 0 Å². The van der Waals surface area contributed by atoms with Crippen LogP contribution < -0.4 is 0 Å². The van der Waals surface area contributed by atoms with Gasteiger partial charge in [0.05, 0.1) is 11.2 Å². The topological polar surface area (TPSA) is 28.7 Å². The molecular formula is C15H13BrN2. The minimum absolute atomic E-state index is 0.964. The molecule has 2 aromatic carbocycles. The Kier molecular flexibility index (Phi) is 3.15. The molecule has 0 amide bonds. The lowest BCUT2D eigenvalue weighted by Gasteiger charge is -1.99. The molecule has 1 heterocycles. The largest absolute Gasteiger partial charge is 0.278 e. The van der Waals surface area contributed by atoms with Gasteiger partial charge in [0.2, 0.25) is 0 Å². The van der Waals surface area contributed by atoms with Gasteiger partial charge in [0.1, 0.15) is 0 Å². The molecule has 1 aromatic heterocycles. The molecule has 0 saturated heterocycles. The lowest BCUT2D eigenvalue weighted by molar-refractivity contribution is 0.901. The highest BCUT2D eigenvalue weighted by atomic mass is 79.9. The molecule has 3 aromatic rings. The number of fused-ring (bicyclic) bond motifs is 1. The zero-order chi connectivity index (χ0) is 12.4. The lowest BCUT2D eigenvalue weighted by atomic mass is 10.1. The van der Waals surface area contributed by atoms with Gasteiger partial charge >= 0.3 is 0 Å². The number of H-pyrrole nitrogens is 1. The van der Waals surface area contributed by atoms with Crippen LogP contribution in [0.2, 0.25) is 0 Å². The summed E-state index contributed by atoms with van der Waals surface area (Å²) in [7, 11) is 0. The molecule has 2 nitrogen and oxygen atoms in total. The summed E-state index contributed by atoms with van der Waals surface area (Å²) in [5.74, 6) is 0. The number of nitrogens with zero attached hydrogens (tertiary/aromatic N) is 1. The first kappa shape index (κ1) is 11.5. The first-order valence-electron chi connectivity index (χ1n) is 5.99. The Morgan fingerprint density at radius 1 is 1.00 bits per heavy atom. The molecule has 0 aliphatic rings. The molecule has 3 heteroatoms. The minimum Gasteiger partial charge on any atom is -0.278 e. The fourth-order valence-corrected chi connectivity index (χ4v) is 2.51. The second-order valence-electron chi connectivity index (χ2n) is 4.35. The van der Waals surface area contributed by atoms with Crippen LogP contribution in [-0.2, 0) is 12.8 Å². The van der Waals surface area contributed by atoms with Crippen molar-refractivity contribution >= 4 is 26.8 Å². The Morgan fingerprint density at radius 2 is 1.83 bits per heavy atom. The molecule has 3 rings (SSSR count). The van der Waals surface area contributed by atoms with Crippen molar-refractivity contribution in [3.8, 4) is 0 Å². The molecule has 0 spiro atoms. The third kappa shape index (κ3) is 2.31. The smallest absolute Gasteiger partial charge is 0.0704 e. The predicted octanol–water partition coefficient (Wildman–Crippen LogP) is 4.11. The maximum Gasteiger partial charge on any atom is 0.0704 e. The normalized spacial score (nSPS) is 10.9. The average Bonchev–Trinajstić information content (AvgIpc) is 2.80. The summed E-state index contributed by atoms with van der Waals surface area (Å²) in [4.78, 5) is 0. The van der Waals surface area contributed by atoms with Crippen molar-refractivity contribution in [2.75, 3.05) is 0 Å². The molecule has 0 fully saturated rings. The van der Waals surface area contributed by atoms with Gasteiger partial charge in [0.15, 0.2) is 0 Å². The van der Waals surface area contributed by atoms with Gasteiger partial charge in [0.25, 0.3) is 0 Å². The zero-order valence-electron chi connectivity index (χ0n) is 9.86. The van der Waals surface area contributed by atoms with E-state index in [4.69, 9.17) is 0 Å². The standard InChI is InChI=1S/C15H13BrN2/c16-12-7-8-13-14(17-18-15(13)10-12)9-6-11-4-2-1-3-5-11/h1-5,7-8,10H,6,9H2,(H,17,18). The number of rotatable bonds is 3. The van der Waals surface area contributed by atoms with Crippen LogP contribution in [0.3, 0.4) is 0 Å². The number of halogens is 1. The van der Waals surface area contributed by atoms with Crippen molar-refractivity contribution in [3.63, 3.8) is 0 Å². The van der Waals surface area contributed by atoms with E-state index in [2.05, 4.69) is 68.6 Å². The summed E-state index contributed by atoms with van der Waals surface area (Å²) < 4.78 is 1.08. The predicted molar refractivity (Wildman–Crippen MR) is 77.6 cm³/mol. The number of hydrogen-bond acceptors (Lipinski definition) is 1. The SMILES string of the molecule is Brc1ccc2c(CCc3ccccc3)n[nH]c2c1. The summed E-state index contributed by atoms with van der Waals surface area (Å²) in [6, 6.07) is 16.8. The maximum absolute atomic E-state index is 4.41. The van der Waals surface area contributed by atoms with E-state index in [1.54, 1.807) is 0 Å². The van der Waals surface area contributed by atoms with Crippen LogP contribution in [0.15, 0.2) is 53.0 Å². The number of aromatic amines is 1. The minimum atomic E-state index is 0.964. The Morgan fingerprint density at radius 3 is 2.67 bits per heavy atom. The van der Waals surface area contributed by atoms with Crippen LogP contribution in [0.5, 0.6) is 0 Å². The molecule has 90 valence electrons. The number of aryl methyl sites for hydroxylation is 2. The summed E-state index contributed by atoms with van der Waals surface area (Å²) in [5.41, 5.74) is 3.58. The van der Waals surface area contributed by atoms with Crippen molar-refractivity contribution in [3.05, 3.63) is 64.3 Å². The van der Waals surface area contributed by atoms with E-state index >= 15 is 0 Å². The van der Waals surface area contributed by atoms with Crippen molar-refractivity contribution in [1.29, 1.82) is 0 Å². The van der Waals surface area contributed by atoms with E-state index in [0.717, 1.165) is 28.5 Å². The Balaban J connectivity index is 1.83. The number of nitrogens with one attached hydrogen (secondary N) is 1. The van der Waals surface area contributed by atoms with Crippen molar-refractivity contribution in [1.82, 2.24) is 10.2 Å². The van der Waals surface area contributed by atoms with Gasteiger partial charge in [-0.25, -0.2) is 0 Å². The molecule has 18 heavy (non-hydrogen) atoms. The monoisotopic (exact) mass is 300 g/mol. The molecule has 0 aliphatic heterocycles. The highest BCUT2D eigenvalue weighted by Crippen LogP contribution is 2.21. The molecule has 0 bridgehead atoms. The first-order chi connectivity index (χ1) is 8.83. The van der Waals surface area contributed by atoms with Crippen molar-refractivity contribution in [2.24, 2.45) is 0 Å². The first-order valence-corrected chi connectivity index (χ1v) is 6.79. The van der Waals surface area contributed by atoms with Gasteiger partial charge < -0.3 is 0 Å². The second kappa shape index (κ2) is 4.94. The fraction of sp³-hybridized carbons (Fsp3) is 0.133. The van der Waals surface area contributed by atoms with Gasteiger partial charge in [-0.3, -0.25) is 5.10 Å². The van der Waals surface area contributed by atoms with Crippen LogP contribution in [0.25, 0.3) is 10.9 Å². The van der Waals surface area contributed by atoms with Gasteiger partial charge in [-0.2, -0.15) is 5.10 Å². The summed E-state index contributed by atoms with van der Waals surface area (Å²) in [6.45, 7) is 0. The lowest BCUT2D eigenvalue weighted by Crippen LogP contribution is -1.91. The molecule has 0 unspecified atom stereocenters.